The van der Waals surface area contributed by atoms with E-state index in [-0.39, 0.29) is 5.88 Å². The van der Waals surface area contributed by atoms with E-state index in [4.69, 9.17) is 4.42 Å². The highest BCUT2D eigenvalue weighted by molar-refractivity contribution is 5.17. The fourth-order valence-electron chi connectivity index (χ4n) is 3.00. The van der Waals surface area contributed by atoms with E-state index in [1.807, 2.05) is 0 Å². The van der Waals surface area contributed by atoms with Crippen molar-refractivity contribution in [2.75, 3.05) is 0 Å². The Labute approximate surface area is 113 Å². The summed E-state index contributed by atoms with van der Waals surface area (Å²) in [6.07, 6.45) is 5.03. The van der Waals surface area contributed by atoms with Crippen molar-refractivity contribution in [3.05, 3.63) is 28.0 Å². The predicted octanol–water partition coefficient (Wildman–Crippen LogP) is 3.49. The standard InChI is InChI=1S/C14H22N2O3/c1-10(2)12-5-3-4-6-13(12)15-9-11-7-8-14(19-11)16(17)18/h7-8,10,12-13,15H,3-6,9H2,1-2H3. The summed E-state index contributed by atoms with van der Waals surface area (Å²) in [4.78, 5) is 10.1. The van der Waals surface area contributed by atoms with E-state index in [9.17, 15) is 10.1 Å². The molecule has 1 aromatic rings. The van der Waals surface area contributed by atoms with Crippen molar-refractivity contribution < 1.29 is 9.34 Å². The van der Waals surface area contributed by atoms with E-state index < -0.39 is 4.92 Å². The van der Waals surface area contributed by atoms with Crippen LogP contribution in [0.25, 0.3) is 0 Å². The monoisotopic (exact) mass is 266 g/mol. The summed E-state index contributed by atoms with van der Waals surface area (Å²) in [5.41, 5.74) is 0. The molecule has 0 bridgehead atoms. The van der Waals surface area contributed by atoms with E-state index >= 15 is 0 Å². The van der Waals surface area contributed by atoms with Gasteiger partial charge < -0.3 is 9.73 Å². The molecule has 5 nitrogen and oxygen atoms in total. The largest absolute Gasteiger partial charge is 0.433 e. The van der Waals surface area contributed by atoms with E-state index in [1.54, 1.807) is 6.07 Å². The quantitative estimate of drug-likeness (QED) is 0.654. The van der Waals surface area contributed by atoms with Crippen molar-refractivity contribution in [2.45, 2.75) is 52.1 Å². The molecule has 1 aliphatic rings. The van der Waals surface area contributed by atoms with Gasteiger partial charge in [0.15, 0.2) is 0 Å². The minimum atomic E-state index is -0.499. The number of rotatable bonds is 5. The molecule has 1 aromatic heterocycles. The van der Waals surface area contributed by atoms with Gasteiger partial charge in [0.05, 0.1) is 12.6 Å². The third-order valence-corrected chi connectivity index (χ3v) is 4.04. The highest BCUT2D eigenvalue weighted by Gasteiger charge is 2.27. The third-order valence-electron chi connectivity index (χ3n) is 4.04. The fraction of sp³-hybridized carbons (Fsp3) is 0.714. The van der Waals surface area contributed by atoms with Crippen molar-refractivity contribution in [1.29, 1.82) is 0 Å². The Morgan fingerprint density at radius 3 is 2.79 bits per heavy atom. The SMILES string of the molecule is CC(C)C1CCCCC1NCc1ccc([N+](=O)[O-])o1. The van der Waals surface area contributed by atoms with Gasteiger partial charge in [-0.25, -0.2) is 0 Å². The molecule has 1 saturated carbocycles. The van der Waals surface area contributed by atoms with Gasteiger partial charge in [-0.3, -0.25) is 10.1 Å². The summed E-state index contributed by atoms with van der Waals surface area (Å²) in [6.45, 7) is 5.10. The number of hydrogen-bond acceptors (Lipinski definition) is 4. The molecule has 0 amide bonds. The van der Waals surface area contributed by atoms with Gasteiger partial charge in [-0.2, -0.15) is 0 Å². The number of hydrogen-bond donors (Lipinski definition) is 1. The minimum Gasteiger partial charge on any atom is -0.404 e. The highest BCUT2D eigenvalue weighted by Crippen LogP contribution is 2.30. The summed E-state index contributed by atoms with van der Waals surface area (Å²) >= 11 is 0. The molecule has 2 unspecified atom stereocenters. The van der Waals surface area contributed by atoms with Gasteiger partial charge in [-0.05, 0) is 30.7 Å². The Morgan fingerprint density at radius 1 is 1.42 bits per heavy atom. The molecule has 19 heavy (non-hydrogen) atoms. The maximum atomic E-state index is 10.6. The summed E-state index contributed by atoms with van der Waals surface area (Å²) in [6, 6.07) is 3.59. The van der Waals surface area contributed by atoms with E-state index in [2.05, 4.69) is 19.2 Å². The molecule has 2 atom stereocenters. The molecule has 1 aliphatic carbocycles. The first-order valence-electron chi connectivity index (χ1n) is 7.04. The average molecular weight is 266 g/mol. The number of nitro groups is 1. The number of furan rings is 1. The molecule has 0 saturated heterocycles. The Morgan fingerprint density at radius 2 is 2.16 bits per heavy atom. The maximum absolute atomic E-state index is 10.6. The highest BCUT2D eigenvalue weighted by atomic mass is 16.6. The molecule has 0 aromatic carbocycles. The lowest BCUT2D eigenvalue weighted by atomic mass is 9.78. The lowest BCUT2D eigenvalue weighted by Crippen LogP contribution is -2.40. The van der Waals surface area contributed by atoms with Crippen LogP contribution in [0, 0.1) is 22.0 Å². The average Bonchev–Trinajstić information content (AvgIpc) is 2.85. The van der Waals surface area contributed by atoms with Gasteiger partial charge in [0, 0.05) is 6.04 Å². The molecule has 0 spiro atoms. The van der Waals surface area contributed by atoms with Crippen molar-refractivity contribution in [2.24, 2.45) is 11.8 Å². The molecular weight excluding hydrogens is 244 g/mol. The topological polar surface area (TPSA) is 68.3 Å². The summed E-state index contributed by atoms with van der Waals surface area (Å²) in [5.74, 6) is 1.82. The van der Waals surface area contributed by atoms with Crippen molar-refractivity contribution >= 4 is 5.88 Å². The zero-order chi connectivity index (χ0) is 13.8. The van der Waals surface area contributed by atoms with E-state index in [1.165, 1.54) is 31.7 Å². The maximum Gasteiger partial charge on any atom is 0.433 e. The summed E-state index contributed by atoms with van der Waals surface area (Å²) < 4.78 is 5.17. The minimum absolute atomic E-state index is 0.180. The van der Waals surface area contributed by atoms with Crippen LogP contribution in [0.15, 0.2) is 16.5 Å². The Balaban J connectivity index is 1.90. The zero-order valence-electron chi connectivity index (χ0n) is 11.6. The van der Waals surface area contributed by atoms with Crippen LogP contribution in [0.2, 0.25) is 0 Å². The summed E-state index contributed by atoms with van der Waals surface area (Å²) in [7, 11) is 0. The van der Waals surface area contributed by atoms with Gasteiger partial charge in [0.1, 0.15) is 10.7 Å². The van der Waals surface area contributed by atoms with Crippen molar-refractivity contribution in [3.8, 4) is 0 Å². The Kier molecular flexibility index (Phi) is 4.58. The van der Waals surface area contributed by atoms with Crippen molar-refractivity contribution in [3.63, 3.8) is 0 Å². The van der Waals surface area contributed by atoms with Gasteiger partial charge in [-0.15, -0.1) is 0 Å². The zero-order valence-corrected chi connectivity index (χ0v) is 11.6. The van der Waals surface area contributed by atoms with Crippen LogP contribution >= 0.6 is 0 Å². The van der Waals surface area contributed by atoms with E-state index in [0.717, 1.165) is 0 Å². The van der Waals surface area contributed by atoms with Crippen LogP contribution in [0.1, 0.15) is 45.3 Å². The lowest BCUT2D eigenvalue weighted by molar-refractivity contribution is -0.402. The van der Waals surface area contributed by atoms with Gasteiger partial charge in [0.2, 0.25) is 0 Å². The first-order chi connectivity index (χ1) is 9.08. The molecule has 0 radical (unpaired) electrons. The number of nitrogens with one attached hydrogen (secondary N) is 1. The second kappa shape index (κ2) is 6.19. The lowest BCUT2D eigenvalue weighted by Gasteiger charge is -2.34. The van der Waals surface area contributed by atoms with Crippen LogP contribution in [0.3, 0.4) is 0 Å². The third kappa shape index (κ3) is 3.56. The van der Waals surface area contributed by atoms with E-state index in [0.29, 0.717) is 30.2 Å². The molecule has 1 heterocycles. The molecule has 1 N–H and O–H groups in total. The summed E-state index contributed by atoms with van der Waals surface area (Å²) in [5, 5.41) is 14.1. The molecule has 106 valence electrons. The van der Waals surface area contributed by atoms with Crippen LogP contribution in [0.5, 0.6) is 0 Å². The molecule has 0 aliphatic heterocycles. The fourth-order valence-corrected chi connectivity index (χ4v) is 3.00. The predicted molar refractivity (Wildman–Crippen MR) is 72.8 cm³/mol. The van der Waals surface area contributed by atoms with Crippen LogP contribution < -0.4 is 5.32 Å². The first kappa shape index (κ1) is 14.1. The second-order valence-electron chi connectivity index (χ2n) is 5.68. The molecular formula is C14H22N2O3. The van der Waals surface area contributed by atoms with Gasteiger partial charge >= 0.3 is 5.88 Å². The smallest absolute Gasteiger partial charge is 0.404 e. The molecule has 2 rings (SSSR count). The normalized spacial score (nSPS) is 23.7. The van der Waals surface area contributed by atoms with Crippen LogP contribution in [-0.4, -0.2) is 11.0 Å². The van der Waals surface area contributed by atoms with Gasteiger partial charge in [-0.1, -0.05) is 26.7 Å². The molecule has 1 fully saturated rings. The van der Waals surface area contributed by atoms with Crippen LogP contribution in [0.4, 0.5) is 5.88 Å². The molecule has 5 heteroatoms. The Bertz CT molecular complexity index is 428. The number of nitrogens with zero attached hydrogens (tertiary/aromatic N) is 1. The van der Waals surface area contributed by atoms with Crippen LogP contribution in [-0.2, 0) is 6.54 Å². The first-order valence-corrected chi connectivity index (χ1v) is 7.04. The van der Waals surface area contributed by atoms with Crippen molar-refractivity contribution in [1.82, 2.24) is 5.32 Å². The van der Waals surface area contributed by atoms with Gasteiger partial charge in [0.25, 0.3) is 0 Å². The second-order valence-corrected chi connectivity index (χ2v) is 5.68. The Hall–Kier alpha value is -1.36.